The molecular formula is C48H32N2O. The van der Waals surface area contributed by atoms with Crippen molar-refractivity contribution < 1.29 is 4.42 Å². The van der Waals surface area contributed by atoms with Crippen LogP contribution in [-0.4, -0.2) is 9.13 Å². The summed E-state index contributed by atoms with van der Waals surface area (Å²) in [5, 5.41) is 7.23. The average Bonchev–Trinajstić information content (AvgIpc) is 3.86. The average molecular weight is 653 g/mol. The van der Waals surface area contributed by atoms with Crippen LogP contribution in [0, 0.1) is 0 Å². The van der Waals surface area contributed by atoms with E-state index in [1.165, 1.54) is 49.4 Å². The summed E-state index contributed by atoms with van der Waals surface area (Å²) in [6.45, 7) is 0. The van der Waals surface area contributed by atoms with Gasteiger partial charge in [0, 0.05) is 44.2 Å². The molecule has 0 bridgehead atoms. The maximum absolute atomic E-state index is 6.76. The maximum atomic E-state index is 6.76. The van der Waals surface area contributed by atoms with Gasteiger partial charge in [-0.3, -0.25) is 0 Å². The van der Waals surface area contributed by atoms with Gasteiger partial charge >= 0.3 is 0 Å². The second-order valence-electron chi connectivity index (χ2n) is 13.7. The van der Waals surface area contributed by atoms with E-state index in [-0.39, 0.29) is 0 Å². The van der Waals surface area contributed by atoms with Crippen LogP contribution in [0.2, 0.25) is 0 Å². The number of nitrogens with zero attached hydrogens (tertiary/aromatic N) is 2. The molecule has 11 rings (SSSR count). The summed E-state index contributed by atoms with van der Waals surface area (Å²) >= 11 is 0. The zero-order chi connectivity index (χ0) is 33.5. The number of furan rings is 1. The molecule has 0 amide bonds. The van der Waals surface area contributed by atoms with Crippen molar-refractivity contribution >= 4 is 65.6 Å². The van der Waals surface area contributed by atoms with Crippen molar-refractivity contribution in [2.24, 2.45) is 0 Å². The molecule has 3 heterocycles. The third-order valence-corrected chi connectivity index (χ3v) is 10.9. The van der Waals surface area contributed by atoms with Crippen LogP contribution >= 0.6 is 0 Å². The Bertz CT molecular complexity index is 2990. The quantitative estimate of drug-likeness (QED) is 0.186. The Hall–Kier alpha value is -6.58. The highest BCUT2D eigenvalue weighted by Gasteiger charge is 2.20. The van der Waals surface area contributed by atoms with Crippen LogP contribution < -0.4 is 0 Å². The maximum Gasteiger partial charge on any atom is 0.145 e. The number of para-hydroxylation sites is 3. The van der Waals surface area contributed by atoms with Gasteiger partial charge in [-0.2, -0.15) is 0 Å². The van der Waals surface area contributed by atoms with Crippen molar-refractivity contribution in [2.45, 2.75) is 12.3 Å². The first-order valence-corrected chi connectivity index (χ1v) is 17.7. The second-order valence-corrected chi connectivity index (χ2v) is 13.7. The molecule has 3 aromatic heterocycles. The van der Waals surface area contributed by atoms with Gasteiger partial charge in [0.05, 0.1) is 27.5 Å². The molecule has 3 nitrogen and oxygen atoms in total. The summed E-state index contributed by atoms with van der Waals surface area (Å²) in [4.78, 5) is 0. The molecule has 7 aromatic carbocycles. The largest absolute Gasteiger partial charge is 0.455 e. The van der Waals surface area contributed by atoms with E-state index >= 15 is 0 Å². The number of allylic oxidation sites excluding steroid dienone is 4. The van der Waals surface area contributed by atoms with Crippen LogP contribution in [0.5, 0.6) is 0 Å². The summed E-state index contributed by atoms with van der Waals surface area (Å²) in [5.41, 5.74) is 12.6. The molecule has 0 unspecified atom stereocenters. The second kappa shape index (κ2) is 11.0. The third-order valence-electron chi connectivity index (χ3n) is 10.9. The van der Waals surface area contributed by atoms with E-state index in [2.05, 4.69) is 185 Å². The zero-order valence-electron chi connectivity index (χ0n) is 27.8. The van der Waals surface area contributed by atoms with Crippen molar-refractivity contribution in [3.05, 3.63) is 182 Å². The summed E-state index contributed by atoms with van der Waals surface area (Å²) < 4.78 is 11.5. The summed E-state index contributed by atoms with van der Waals surface area (Å²) in [6.07, 6.45) is 9.81. The van der Waals surface area contributed by atoms with Gasteiger partial charge in [0.1, 0.15) is 11.2 Å². The Balaban J connectivity index is 0.991. The van der Waals surface area contributed by atoms with Crippen LogP contribution in [-0.2, 0) is 0 Å². The fraction of sp³-hybridized carbons (Fsp3) is 0.0417. The van der Waals surface area contributed by atoms with Crippen LogP contribution in [0.4, 0.5) is 0 Å². The molecular weight excluding hydrogens is 621 g/mol. The molecule has 0 aliphatic heterocycles. The summed E-state index contributed by atoms with van der Waals surface area (Å²) in [7, 11) is 0. The lowest BCUT2D eigenvalue weighted by molar-refractivity contribution is 0.671. The first-order chi connectivity index (χ1) is 25.3. The van der Waals surface area contributed by atoms with Crippen molar-refractivity contribution in [3.8, 4) is 22.5 Å². The predicted molar refractivity (Wildman–Crippen MR) is 213 cm³/mol. The van der Waals surface area contributed by atoms with E-state index in [1.54, 1.807) is 0 Å². The molecule has 240 valence electrons. The minimum atomic E-state index is 0.385. The predicted octanol–water partition coefficient (Wildman–Crippen LogP) is 13.0. The van der Waals surface area contributed by atoms with Gasteiger partial charge in [-0.1, -0.05) is 115 Å². The van der Waals surface area contributed by atoms with Crippen molar-refractivity contribution in [3.63, 3.8) is 0 Å². The van der Waals surface area contributed by atoms with Gasteiger partial charge in [0.15, 0.2) is 0 Å². The Labute approximate surface area is 294 Å². The minimum absolute atomic E-state index is 0.385. The zero-order valence-corrected chi connectivity index (χ0v) is 27.8. The van der Waals surface area contributed by atoms with Crippen LogP contribution in [0.3, 0.4) is 0 Å². The molecule has 1 atom stereocenters. The highest BCUT2D eigenvalue weighted by Crippen LogP contribution is 2.42. The van der Waals surface area contributed by atoms with E-state index < -0.39 is 0 Å². The Morgan fingerprint density at radius 2 is 1.04 bits per heavy atom. The van der Waals surface area contributed by atoms with Crippen molar-refractivity contribution in [1.82, 2.24) is 9.13 Å². The number of hydrogen-bond donors (Lipinski definition) is 0. The smallest absolute Gasteiger partial charge is 0.145 e. The van der Waals surface area contributed by atoms with E-state index in [1.807, 2.05) is 0 Å². The topological polar surface area (TPSA) is 23.0 Å². The lowest BCUT2D eigenvalue weighted by Crippen LogP contribution is -1.95. The van der Waals surface area contributed by atoms with Crippen LogP contribution in [0.15, 0.2) is 180 Å². The Kier molecular flexibility index (Phi) is 6.08. The summed E-state index contributed by atoms with van der Waals surface area (Å²) in [5.74, 6) is 0.385. The number of hydrogen-bond acceptors (Lipinski definition) is 1. The number of benzene rings is 7. The molecule has 0 spiro atoms. The highest BCUT2D eigenvalue weighted by molar-refractivity contribution is 6.24. The first-order valence-electron chi connectivity index (χ1n) is 17.7. The van der Waals surface area contributed by atoms with Crippen molar-refractivity contribution in [2.75, 3.05) is 0 Å². The molecule has 1 aliphatic carbocycles. The van der Waals surface area contributed by atoms with Gasteiger partial charge in [-0.05, 0) is 83.8 Å². The Morgan fingerprint density at radius 3 is 1.67 bits per heavy atom. The van der Waals surface area contributed by atoms with Gasteiger partial charge in [0.2, 0.25) is 0 Å². The molecule has 0 radical (unpaired) electrons. The fourth-order valence-electron chi connectivity index (χ4n) is 8.45. The van der Waals surface area contributed by atoms with Gasteiger partial charge < -0.3 is 13.6 Å². The SMILES string of the molecule is C1=CC[C@@H](c2ccc3c(c2)oc2c3ccc3c2c2ccccc2n3-c2ccc(-c3ccc(-n4c5ccccc5c5ccccc54)cc3)cc2)C=C1. The molecule has 0 saturated heterocycles. The lowest BCUT2D eigenvalue weighted by atomic mass is 9.92. The Morgan fingerprint density at radius 1 is 0.471 bits per heavy atom. The van der Waals surface area contributed by atoms with Crippen LogP contribution in [0.25, 0.3) is 88.1 Å². The van der Waals surface area contributed by atoms with E-state index in [4.69, 9.17) is 4.42 Å². The standard InChI is InChI=1S/C48H32N2O/c1-2-10-31(11-3-1)34-22-27-39-40-28-29-45-47(48(40)51-46(39)30-34)41-14-6-9-17-44(41)50(45)36-25-20-33(21-26-36)32-18-23-35(24-19-32)49-42-15-7-4-12-37(42)38-13-5-8-16-43(38)49/h1-10,12-31H,11H2/t31-/m0/s1. The van der Waals surface area contributed by atoms with Crippen molar-refractivity contribution in [1.29, 1.82) is 0 Å². The molecule has 0 fully saturated rings. The molecule has 0 saturated carbocycles. The minimum Gasteiger partial charge on any atom is -0.455 e. The molecule has 51 heavy (non-hydrogen) atoms. The number of rotatable bonds is 4. The molecule has 0 N–H and O–H groups in total. The molecule has 1 aliphatic rings. The van der Waals surface area contributed by atoms with Gasteiger partial charge in [-0.25, -0.2) is 0 Å². The van der Waals surface area contributed by atoms with Gasteiger partial charge in [0.25, 0.3) is 0 Å². The number of fused-ring (bicyclic) bond motifs is 10. The van der Waals surface area contributed by atoms with E-state index in [0.717, 1.165) is 50.6 Å². The molecule has 10 aromatic rings. The highest BCUT2D eigenvalue weighted by atomic mass is 16.3. The number of aromatic nitrogens is 2. The first kappa shape index (κ1) is 28.3. The normalized spacial score (nSPS) is 14.6. The van der Waals surface area contributed by atoms with E-state index in [9.17, 15) is 0 Å². The summed E-state index contributed by atoms with van der Waals surface area (Å²) in [6, 6.07) is 55.1. The fourth-order valence-corrected chi connectivity index (χ4v) is 8.45. The lowest BCUT2D eigenvalue weighted by Gasteiger charge is -2.12. The van der Waals surface area contributed by atoms with Crippen LogP contribution in [0.1, 0.15) is 17.9 Å². The third kappa shape index (κ3) is 4.25. The monoisotopic (exact) mass is 652 g/mol. The van der Waals surface area contributed by atoms with E-state index in [0.29, 0.717) is 5.92 Å². The molecule has 3 heteroatoms. The van der Waals surface area contributed by atoms with Gasteiger partial charge in [-0.15, -0.1) is 0 Å².